The first-order chi connectivity index (χ1) is 13.7. The van der Waals surface area contributed by atoms with E-state index in [9.17, 15) is 5.11 Å². The molecule has 1 fully saturated rings. The zero-order valence-corrected chi connectivity index (χ0v) is 16.0. The van der Waals surface area contributed by atoms with Crippen molar-refractivity contribution in [3.8, 4) is 0 Å². The first-order valence-electron chi connectivity index (χ1n) is 9.57. The molecule has 1 aliphatic heterocycles. The zero-order valence-electron chi connectivity index (χ0n) is 16.0. The third kappa shape index (κ3) is 4.74. The minimum Gasteiger partial charge on any atom is -0.391 e. The molecule has 0 spiro atoms. The molecule has 28 heavy (non-hydrogen) atoms. The molecule has 2 atom stereocenters. The van der Waals surface area contributed by atoms with Gasteiger partial charge in [0.05, 0.1) is 11.8 Å². The van der Waals surface area contributed by atoms with Crippen LogP contribution in [0.5, 0.6) is 0 Å². The number of hydrogen-bond acceptors (Lipinski definition) is 7. The summed E-state index contributed by atoms with van der Waals surface area (Å²) in [7, 11) is 0. The van der Waals surface area contributed by atoms with Gasteiger partial charge in [-0.15, -0.1) is 0 Å². The largest absolute Gasteiger partial charge is 0.391 e. The number of anilines is 1. The van der Waals surface area contributed by atoms with Crippen LogP contribution in [0, 0.1) is 12.8 Å². The van der Waals surface area contributed by atoms with Crippen LogP contribution in [0.4, 0.5) is 5.95 Å². The van der Waals surface area contributed by atoms with Crippen molar-refractivity contribution in [1.29, 1.82) is 0 Å². The Labute approximate surface area is 164 Å². The van der Waals surface area contributed by atoms with Gasteiger partial charge < -0.3 is 14.9 Å². The summed E-state index contributed by atoms with van der Waals surface area (Å²) < 4.78 is 5.29. The molecule has 0 amide bonds. The minimum atomic E-state index is -0.363. The molecule has 146 valence electrons. The standard InChI is InChI=1S/C21H25N5O2/c1-15-7-19(28-25-15)8-18-13-26(14-20(18)27)12-17-10-23-21(24-11-17)22-9-16-5-3-2-4-6-16/h2-7,10-11,18,20,27H,8-9,12-14H2,1H3,(H,22,23,24)/t18-,20-/m1/s1. The Balaban J connectivity index is 1.28. The lowest BCUT2D eigenvalue weighted by Crippen LogP contribution is -2.21. The number of aliphatic hydroxyl groups excluding tert-OH is 1. The summed E-state index contributed by atoms with van der Waals surface area (Å²) in [4.78, 5) is 11.0. The average molecular weight is 379 g/mol. The van der Waals surface area contributed by atoms with Crippen LogP contribution in [0.2, 0.25) is 0 Å². The van der Waals surface area contributed by atoms with Crippen molar-refractivity contribution in [2.45, 2.75) is 32.5 Å². The van der Waals surface area contributed by atoms with Gasteiger partial charge in [0.15, 0.2) is 0 Å². The Morgan fingerprint density at radius 2 is 1.93 bits per heavy atom. The highest BCUT2D eigenvalue weighted by molar-refractivity contribution is 5.28. The predicted octanol–water partition coefficient (Wildman–Crippen LogP) is 2.42. The number of likely N-dealkylation sites (tertiary alicyclic amines) is 1. The summed E-state index contributed by atoms with van der Waals surface area (Å²) in [6.45, 7) is 4.78. The van der Waals surface area contributed by atoms with Crippen LogP contribution >= 0.6 is 0 Å². The van der Waals surface area contributed by atoms with E-state index < -0.39 is 0 Å². The number of aryl methyl sites for hydroxylation is 1. The molecule has 0 saturated carbocycles. The van der Waals surface area contributed by atoms with Crippen LogP contribution in [0.25, 0.3) is 0 Å². The molecule has 3 heterocycles. The molecule has 0 unspecified atom stereocenters. The smallest absolute Gasteiger partial charge is 0.222 e. The Bertz CT molecular complexity index is 881. The van der Waals surface area contributed by atoms with Gasteiger partial charge in [-0.3, -0.25) is 4.90 Å². The molecule has 7 nitrogen and oxygen atoms in total. The molecule has 0 radical (unpaired) electrons. The number of rotatable bonds is 7. The molecule has 3 aromatic rings. The summed E-state index contributed by atoms with van der Waals surface area (Å²) in [5, 5.41) is 17.5. The van der Waals surface area contributed by atoms with E-state index in [1.165, 1.54) is 5.56 Å². The maximum atomic E-state index is 10.4. The maximum absolute atomic E-state index is 10.4. The van der Waals surface area contributed by atoms with Crippen LogP contribution in [0.3, 0.4) is 0 Å². The number of β-amino-alcohol motifs (C(OH)–C–C–N with tert-alkyl or cyclic N) is 1. The van der Waals surface area contributed by atoms with Crippen molar-refractivity contribution in [3.05, 3.63) is 71.4 Å². The number of nitrogens with one attached hydrogen (secondary N) is 1. The fourth-order valence-electron chi connectivity index (χ4n) is 3.60. The van der Waals surface area contributed by atoms with Gasteiger partial charge >= 0.3 is 0 Å². The molecule has 1 aromatic carbocycles. The molecule has 1 saturated heterocycles. The summed E-state index contributed by atoms with van der Waals surface area (Å²) in [6, 6.07) is 12.1. The Kier molecular flexibility index (Phi) is 5.64. The second kappa shape index (κ2) is 8.50. The van der Waals surface area contributed by atoms with Crippen molar-refractivity contribution in [3.63, 3.8) is 0 Å². The van der Waals surface area contributed by atoms with Gasteiger partial charge in [0.25, 0.3) is 0 Å². The predicted molar refractivity (Wildman–Crippen MR) is 106 cm³/mol. The van der Waals surface area contributed by atoms with E-state index >= 15 is 0 Å². The molecule has 0 bridgehead atoms. The van der Waals surface area contributed by atoms with Gasteiger partial charge in [0.1, 0.15) is 5.76 Å². The third-order valence-corrected chi connectivity index (χ3v) is 5.03. The fourth-order valence-corrected chi connectivity index (χ4v) is 3.60. The van der Waals surface area contributed by atoms with Crippen molar-refractivity contribution in [2.75, 3.05) is 18.4 Å². The molecule has 7 heteroatoms. The van der Waals surface area contributed by atoms with E-state index in [2.05, 4.69) is 37.5 Å². The number of aromatic nitrogens is 3. The number of benzene rings is 1. The summed E-state index contributed by atoms with van der Waals surface area (Å²) in [5.74, 6) is 1.60. The van der Waals surface area contributed by atoms with Gasteiger partial charge in [-0.05, 0) is 12.5 Å². The lowest BCUT2D eigenvalue weighted by molar-refractivity contribution is 0.137. The molecule has 4 rings (SSSR count). The average Bonchev–Trinajstić information content (AvgIpc) is 3.27. The molecule has 2 N–H and O–H groups in total. The number of aliphatic hydroxyl groups is 1. The second-order valence-electron chi connectivity index (χ2n) is 7.41. The fraction of sp³-hybridized carbons (Fsp3) is 0.381. The van der Waals surface area contributed by atoms with E-state index in [0.717, 1.165) is 30.1 Å². The number of nitrogens with zero attached hydrogens (tertiary/aromatic N) is 4. The first kappa shape index (κ1) is 18.6. The summed E-state index contributed by atoms with van der Waals surface area (Å²) in [6.07, 6.45) is 4.04. The SMILES string of the molecule is Cc1cc(C[C@@H]2CN(Cc3cnc(NCc4ccccc4)nc3)C[C@H]2O)on1. The normalized spacial score (nSPS) is 19.8. The first-order valence-corrected chi connectivity index (χ1v) is 9.57. The van der Waals surface area contributed by atoms with E-state index in [1.54, 1.807) is 0 Å². The van der Waals surface area contributed by atoms with E-state index in [1.807, 2.05) is 43.6 Å². The van der Waals surface area contributed by atoms with Crippen molar-refractivity contribution >= 4 is 5.95 Å². The molecular weight excluding hydrogens is 354 g/mol. The lowest BCUT2D eigenvalue weighted by atomic mass is 10.0. The summed E-state index contributed by atoms with van der Waals surface area (Å²) >= 11 is 0. The maximum Gasteiger partial charge on any atom is 0.222 e. The van der Waals surface area contributed by atoms with Gasteiger partial charge in [-0.2, -0.15) is 0 Å². The monoisotopic (exact) mass is 379 g/mol. The highest BCUT2D eigenvalue weighted by Gasteiger charge is 2.32. The van der Waals surface area contributed by atoms with Gasteiger partial charge in [0, 0.05) is 62.5 Å². The molecule has 2 aromatic heterocycles. The molecule has 0 aliphatic carbocycles. The topological polar surface area (TPSA) is 87.3 Å². The quantitative estimate of drug-likeness (QED) is 0.652. The second-order valence-corrected chi connectivity index (χ2v) is 7.41. The summed E-state index contributed by atoms with van der Waals surface area (Å²) in [5.41, 5.74) is 3.10. The van der Waals surface area contributed by atoms with E-state index in [-0.39, 0.29) is 12.0 Å². The Morgan fingerprint density at radius 3 is 2.64 bits per heavy atom. The molecular formula is C21H25N5O2. The van der Waals surface area contributed by atoms with Crippen LogP contribution in [-0.4, -0.2) is 44.3 Å². The highest BCUT2D eigenvalue weighted by atomic mass is 16.5. The van der Waals surface area contributed by atoms with E-state index in [0.29, 0.717) is 25.5 Å². The lowest BCUT2D eigenvalue weighted by Gasteiger charge is -2.15. The van der Waals surface area contributed by atoms with Crippen molar-refractivity contribution in [1.82, 2.24) is 20.0 Å². The number of hydrogen-bond donors (Lipinski definition) is 2. The minimum absolute atomic E-state index is 0.153. The molecule has 1 aliphatic rings. The highest BCUT2D eigenvalue weighted by Crippen LogP contribution is 2.23. The van der Waals surface area contributed by atoms with Crippen LogP contribution in [0.1, 0.15) is 22.6 Å². The van der Waals surface area contributed by atoms with Crippen LogP contribution in [0.15, 0.2) is 53.3 Å². The van der Waals surface area contributed by atoms with Gasteiger partial charge in [-0.1, -0.05) is 35.5 Å². The van der Waals surface area contributed by atoms with E-state index in [4.69, 9.17) is 4.52 Å². The van der Waals surface area contributed by atoms with Crippen molar-refractivity contribution < 1.29 is 9.63 Å². The Morgan fingerprint density at radius 1 is 1.14 bits per heavy atom. The Hall–Kier alpha value is -2.77. The van der Waals surface area contributed by atoms with Gasteiger partial charge in [-0.25, -0.2) is 9.97 Å². The third-order valence-electron chi connectivity index (χ3n) is 5.03. The zero-order chi connectivity index (χ0) is 19.3. The van der Waals surface area contributed by atoms with Crippen molar-refractivity contribution in [2.24, 2.45) is 5.92 Å². The van der Waals surface area contributed by atoms with Gasteiger partial charge in [0.2, 0.25) is 5.95 Å². The van der Waals surface area contributed by atoms with Crippen LogP contribution in [-0.2, 0) is 19.5 Å². The van der Waals surface area contributed by atoms with Crippen LogP contribution < -0.4 is 5.32 Å².